The number of rotatable bonds is 1. The standard InChI is InChI=1S/C10H14/c1-7(2)10-5-4-8(3)9(10)6-10/h4-5,7,9H,3,6H2,1-2H3/t9-,10+/m0/s1. The van der Waals surface area contributed by atoms with Crippen molar-refractivity contribution in [2.24, 2.45) is 17.3 Å². The third kappa shape index (κ3) is 0.524. The van der Waals surface area contributed by atoms with E-state index in [4.69, 9.17) is 0 Å². The van der Waals surface area contributed by atoms with E-state index < -0.39 is 0 Å². The highest BCUT2D eigenvalue weighted by molar-refractivity contribution is 5.41. The predicted octanol–water partition coefficient (Wildman–Crippen LogP) is 2.77. The Morgan fingerprint density at radius 1 is 1.70 bits per heavy atom. The van der Waals surface area contributed by atoms with Gasteiger partial charge in [-0.3, -0.25) is 0 Å². The van der Waals surface area contributed by atoms with Crippen molar-refractivity contribution in [1.29, 1.82) is 0 Å². The maximum Gasteiger partial charge on any atom is -0.00172 e. The third-order valence-electron chi connectivity index (χ3n) is 3.18. The molecule has 54 valence electrons. The molecule has 0 bridgehead atoms. The highest BCUT2D eigenvalue weighted by Gasteiger charge is 2.57. The molecule has 0 spiro atoms. The molecule has 2 atom stereocenters. The van der Waals surface area contributed by atoms with E-state index in [-0.39, 0.29) is 0 Å². The molecular weight excluding hydrogens is 120 g/mol. The average molecular weight is 134 g/mol. The van der Waals surface area contributed by atoms with Crippen LogP contribution in [-0.4, -0.2) is 0 Å². The zero-order valence-electron chi connectivity index (χ0n) is 6.72. The number of hydrogen-bond acceptors (Lipinski definition) is 0. The minimum absolute atomic E-state index is 0.553. The van der Waals surface area contributed by atoms with Gasteiger partial charge in [0.15, 0.2) is 0 Å². The van der Waals surface area contributed by atoms with Crippen LogP contribution in [0.15, 0.2) is 24.3 Å². The average Bonchev–Trinajstić information content (AvgIpc) is 2.52. The van der Waals surface area contributed by atoms with E-state index in [9.17, 15) is 0 Å². The molecule has 1 fully saturated rings. The zero-order valence-corrected chi connectivity index (χ0v) is 6.72. The summed E-state index contributed by atoms with van der Waals surface area (Å²) in [6.45, 7) is 8.63. The van der Waals surface area contributed by atoms with Gasteiger partial charge in [0.1, 0.15) is 0 Å². The largest absolute Gasteiger partial charge is 0.0955 e. The lowest BCUT2D eigenvalue weighted by Gasteiger charge is -2.12. The molecule has 0 nitrogen and oxygen atoms in total. The Bertz CT molecular complexity index is 210. The van der Waals surface area contributed by atoms with Crippen LogP contribution < -0.4 is 0 Å². The van der Waals surface area contributed by atoms with Gasteiger partial charge in [0.25, 0.3) is 0 Å². The second-order valence-electron chi connectivity index (χ2n) is 3.93. The smallest absolute Gasteiger partial charge is 0.00172 e. The number of fused-ring (bicyclic) bond motifs is 1. The Morgan fingerprint density at radius 2 is 2.40 bits per heavy atom. The fourth-order valence-corrected chi connectivity index (χ4v) is 2.16. The van der Waals surface area contributed by atoms with Crippen molar-refractivity contribution >= 4 is 0 Å². The van der Waals surface area contributed by atoms with Crippen LogP contribution in [0.5, 0.6) is 0 Å². The molecule has 2 rings (SSSR count). The molecule has 2 aliphatic rings. The summed E-state index contributed by atoms with van der Waals surface area (Å²) in [5, 5.41) is 0. The topological polar surface area (TPSA) is 0 Å². The lowest BCUT2D eigenvalue weighted by atomic mass is 9.92. The normalized spacial score (nSPS) is 42.7. The zero-order chi connectivity index (χ0) is 7.35. The molecule has 0 radical (unpaired) electrons. The van der Waals surface area contributed by atoms with Crippen LogP contribution in [0.1, 0.15) is 20.3 Å². The molecule has 0 aromatic carbocycles. The van der Waals surface area contributed by atoms with Gasteiger partial charge in [-0.1, -0.05) is 38.2 Å². The Kier molecular flexibility index (Phi) is 0.964. The van der Waals surface area contributed by atoms with Crippen LogP contribution >= 0.6 is 0 Å². The minimum Gasteiger partial charge on any atom is -0.0955 e. The van der Waals surface area contributed by atoms with Crippen LogP contribution in [0.25, 0.3) is 0 Å². The molecule has 0 heterocycles. The van der Waals surface area contributed by atoms with Crippen LogP contribution in [-0.2, 0) is 0 Å². The van der Waals surface area contributed by atoms with Crippen molar-refractivity contribution in [3.05, 3.63) is 24.3 Å². The molecule has 0 unspecified atom stereocenters. The van der Waals surface area contributed by atoms with Gasteiger partial charge in [0.2, 0.25) is 0 Å². The second kappa shape index (κ2) is 1.55. The summed E-state index contributed by atoms with van der Waals surface area (Å²) in [7, 11) is 0. The number of allylic oxidation sites excluding steroid dienone is 3. The van der Waals surface area contributed by atoms with E-state index in [0.717, 1.165) is 11.8 Å². The van der Waals surface area contributed by atoms with Gasteiger partial charge < -0.3 is 0 Å². The van der Waals surface area contributed by atoms with Crippen molar-refractivity contribution in [2.45, 2.75) is 20.3 Å². The molecule has 0 aromatic rings. The molecule has 10 heavy (non-hydrogen) atoms. The monoisotopic (exact) mass is 134 g/mol. The molecule has 0 N–H and O–H groups in total. The maximum atomic E-state index is 4.02. The molecule has 0 aromatic heterocycles. The molecule has 0 amide bonds. The van der Waals surface area contributed by atoms with E-state index in [1.54, 1.807) is 0 Å². The Balaban J connectivity index is 2.27. The van der Waals surface area contributed by atoms with Gasteiger partial charge in [-0.25, -0.2) is 0 Å². The molecule has 0 heteroatoms. The van der Waals surface area contributed by atoms with Crippen molar-refractivity contribution < 1.29 is 0 Å². The summed E-state index contributed by atoms with van der Waals surface area (Å²) in [6, 6.07) is 0. The maximum absolute atomic E-state index is 4.02. The van der Waals surface area contributed by atoms with Crippen molar-refractivity contribution in [3.8, 4) is 0 Å². The third-order valence-corrected chi connectivity index (χ3v) is 3.18. The Hall–Kier alpha value is -0.520. The Morgan fingerprint density at radius 3 is 2.60 bits per heavy atom. The summed E-state index contributed by atoms with van der Waals surface area (Å²) in [4.78, 5) is 0. The predicted molar refractivity (Wildman–Crippen MR) is 43.7 cm³/mol. The summed E-state index contributed by atoms with van der Waals surface area (Å²) in [6.07, 6.45) is 5.93. The van der Waals surface area contributed by atoms with Crippen molar-refractivity contribution in [3.63, 3.8) is 0 Å². The van der Waals surface area contributed by atoms with Crippen LogP contribution in [0.4, 0.5) is 0 Å². The minimum atomic E-state index is 0.553. The first kappa shape index (κ1) is 6.21. The summed E-state index contributed by atoms with van der Waals surface area (Å²) >= 11 is 0. The van der Waals surface area contributed by atoms with Crippen molar-refractivity contribution in [1.82, 2.24) is 0 Å². The van der Waals surface area contributed by atoms with Gasteiger partial charge in [-0.05, 0) is 23.7 Å². The highest BCUT2D eigenvalue weighted by Crippen LogP contribution is 2.65. The van der Waals surface area contributed by atoms with Gasteiger partial charge in [-0.2, -0.15) is 0 Å². The van der Waals surface area contributed by atoms with Crippen LogP contribution in [0, 0.1) is 17.3 Å². The van der Waals surface area contributed by atoms with Gasteiger partial charge in [0.05, 0.1) is 0 Å². The SMILES string of the molecule is C=C1C=C[C@]2(C(C)C)C[C@@H]12. The summed E-state index contributed by atoms with van der Waals surface area (Å²) < 4.78 is 0. The van der Waals surface area contributed by atoms with Crippen LogP contribution in [0.2, 0.25) is 0 Å². The Labute approximate surface area is 62.6 Å². The van der Waals surface area contributed by atoms with E-state index in [1.807, 2.05) is 0 Å². The van der Waals surface area contributed by atoms with E-state index in [2.05, 4.69) is 32.6 Å². The lowest BCUT2D eigenvalue weighted by Crippen LogP contribution is -2.05. The summed E-state index contributed by atoms with van der Waals surface area (Å²) in [5.41, 5.74) is 1.91. The first-order chi connectivity index (χ1) is 4.67. The van der Waals surface area contributed by atoms with Gasteiger partial charge >= 0.3 is 0 Å². The lowest BCUT2D eigenvalue weighted by molar-refractivity contribution is 0.432. The molecule has 0 saturated heterocycles. The molecular formula is C10H14. The van der Waals surface area contributed by atoms with Crippen LogP contribution in [0.3, 0.4) is 0 Å². The first-order valence-corrected chi connectivity index (χ1v) is 4.05. The fourth-order valence-electron chi connectivity index (χ4n) is 2.16. The van der Waals surface area contributed by atoms with E-state index >= 15 is 0 Å². The highest BCUT2D eigenvalue weighted by atomic mass is 14.6. The summed E-state index contributed by atoms with van der Waals surface area (Å²) in [5.74, 6) is 1.61. The van der Waals surface area contributed by atoms with Gasteiger partial charge in [-0.15, -0.1) is 0 Å². The molecule has 0 aliphatic heterocycles. The van der Waals surface area contributed by atoms with E-state index in [0.29, 0.717) is 5.41 Å². The first-order valence-electron chi connectivity index (χ1n) is 4.05. The quantitative estimate of drug-likeness (QED) is 0.517. The molecule has 2 aliphatic carbocycles. The fraction of sp³-hybridized carbons (Fsp3) is 0.600. The van der Waals surface area contributed by atoms with E-state index in [1.165, 1.54) is 12.0 Å². The van der Waals surface area contributed by atoms with Crippen molar-refractivity contribution in [2.75, 3.05) is 0 Å². The van der Waals surface area contributed by atoms with Gasteiger partial charge in [0, 0.05) is 0 Å². The molecule has 1 saturated carbocycles. The second-order valence-corrected chi connectivity index (χ2v) is 3.93. The number of hydrogen-bond donors (Lipinski definition) is 0.